The van der Waals surface area contributed by atoms with Gasteiger partial charge in [0.1, 0.15) is 17.2 Å². The fraction of sp³-hybridized carbons (Fsp3) is 0.500. The monoisotopic (exact) mass is 261 g/mol. The topological polar surface area (TPSA) is 39.2 Å². The lowest BCUT2D eigenvalue weighted by atomic mass is 9.79. The van der Waals surface area contributed by atoms with Crippen molar-refractivity contribution in [1.82, 2.24) is 0 Å². The van der Waals surface area contributed by atoms with Crippen LogP contribution in [-0.4, -0.2) is 0 Å². The third-order valence-corrected chi connectivity index (χ3v) is 4.39. The molecule has 1 saturated carbocycles. The number of rotatable bonds is 2. The van der Waals surface area contributed by atoms with Crippen LogP contribution in [0.1, 0.15) is 44.4 Å². The summed E-state index contributed by atoms with van der Waals surface area (Å²) in [5.41, 5.74) is 7.05. The second kappa shape index (κ2) is 4.97. The fourth-order valence-corrected chi connectivity index (χ4v) is 3.08. The lowest BCUT2D eigenvalue weighted by Crippen LogP contribution is -2.25. The molecule has 2 aromatic rings. The van der Waals surface area contributed by atoms with Gasteiger partial charge >= 0.3 is 0 Å². The number of halogens is 1. The van der Waals surface area contributed by atoms with Crippen molar-refractivity contribution in [2.45, 2.75) is 38.6 Å². The van der Waals surface area contributed by atoms with Crippen LogP contribution in [0.3, 0.4) is 0 Å². The molecule has 1 aliphatic rings. The second-order valence-electron chi connectivity index (χ2n) is 5.88. The Balaban J connectivity index is 1.83. The van der Waals surface area contributed by atoms with Crippen LogP contribution in [0, 0.1) is 17.7 Å². The molecule has 0 spiro atoms. The average molecular weight is 261 g/mol. The zero-order valence-electron chi connectivity index (χ0n) is 11.2. The van der Waals surface area contributed by atoms with Crippen molar-refractivity contribution in [2.75, 3.05) is 0 Å². The Labute approximate surface area is 112 Å². The van der Waals surface area contributed by atoms with E-state index in [9.17, 15) is 4.39 Å². The minimum atomic E-state index is -0.236. The lowest BCUT2D eigenvalue weighted by molar-refractivity contribution is 0.241. The number of benzene rings is 1. The maximum atomic E-state index is 13.2. The van der Waals surface area contributed by atoms with E-state index < -0.39 is 0 Å². The summed E-state index contributed by atoms with van der Waals surface area (Å²) >= 11 is 0. The van der Waals surface area contributed by atoms with Crippen LogP contribution in [0.2, 0.25) is 0 Å². The molecule has 0 aliphatic heterocycles. The van der Waals surface area contributed by atoms with Gasteiger partial charge in [-0.2, -0.15) is 0 Å². The summed E-state index contributed by atoms with van der Waals surface area (Å²) in [7, 11) is 0. The first-order valence-corrected chi connectivity index (χ1v) is 7.08. The highest BCUT2D eigenvalue weighted by atomic mass is 19.1. The van der Waals surface area contributed by atoms with Gasteiger partial charge in [0.2, 0.25) is 0 Å². The summed E-state index contributed by atoms with van der Waals surface area (Å²) in [5.74, 6) is 1.86. The summed E-state index contributed by atoms with van der Waals surface area (Å²) in [6.45, 7) is 2.30. The molecule has 1 fully saturated rings. The molecular formula is C16H20FNO. The highest BCUT2D eigenvalue weighted by Crippen LogP contribution is 2.37. The van der Waals surface area contributed by atoms with Crippen molar-refractivity contribution in [3.8, 4) is 0 Å². The van der Waals surface area contributed by atoms with Crippen molar-refractivity contribution in [1.29, 1.82) is 0 Å². The highest BCUT2D eigenvalue weighted by Gasteiger charge is 2.26. The van der Waals surface area contributed by atoms with E-state index >= 15 is 0 Å². The third kappa shape index (κ3) is 2.52. The van der Waals surface area contributed by atoms with E-state index in [1.54, 1.807) is 6.07 Å². The SMILES string of the molecule is CC1CCC(C(N)c2cc3cc(F)ccc3o2)CC1. The van der Waals surface area contributed by atoms with Crippen molar-refractivity contribution in [3.63, 3.8) is 0 Å². The normalized spacial score (nSPS) is 25.6. The molecule has 0 bridgehead atoms. The van der Waals surface area contributed by atoms with E-state index in [4.69, 9.17) is 10.2 Å². The van der Waals surface area contributed by atoms with Gasteiger partial charge in [0.15, 0.2) is 0 Å². The first-order valence-electron chi connectivity index (χ1n) is 7.08. The molecule has 19 heavy (non-hydrogen) atoms. The Hall–Kier alpha value is -1.35. The van der Waals surface area contributed by atoms with E-state index in [1.807, 2.05) is 6.07 Å². The standard InChI is InChI=1S/C16H20FNO/c1-10-2-4-11(5-3-10)16(18)15-9-12-8-13(17)6-7-14(12)19-15/h6-11,16H,2-5,18H2,1H3. The molecule has 1 aliphatic carbocycles. The van der Waals surface area contributed by atoms with Gasteiger partial charge in [-0.3, -0.25) is 0 Å². The number of hydrogen-bond acceptors (Lipinski definition) is 2. The van der Waals surface area contributed by atoms with Gasteiger partial charge < -0.3 is 10.2 Å². The van der Waals surface area contributed by atoms with Crippen molar-refractivity contribution >= 4 is 11.0 Å². The number of nitrogens with two attached hydrogens (primary N) is 1. The molecule has 0 saturated heterocycles. The largest absolute Gasteiger partial charge is 0.459 e. The molecule has 0 amide bonds. The van der Waals surface area contributed by atoms with Gasteiger partial charge in [0.25, 0.3) is 0 Å². The molecule has 102 valence electrons. The van der Waals surface area contributed by atoms with Crippen molar-refractivity contribution in [2.24, 2.45) is 17.6 Å². The van der Waals surface area contributed by atoms with E-state index in [0.717, 1.165) is 35.5 Å². The van der Waals surface area contributed by atoms with Gasteiger partial charge in [-0.1, -0.05) is 19.8 Å². The minimum Gasteiger partial charge on any atom is -0.459 e. The van der Waals surface area contributed by atoms with Crippen LogP contribution >= 0.6 is 0 Å². The van der Waals surface area contributed by atoms with E-state index in [-0.39, 0.29) is 11.9 Å². The summed E-state index contributed by atoms with van der Waals surface area (Å²) in [4.78, 5) is 0. The summed E-state index contributed by atoms with van der Waals surface area (Å²) in [6.07, 6.45) is 4.81. The predicted octanol–water partition coefficient (Wildman–Crippen LogP) is 4.40. The average Bonchev–Trinajstić information content (AvgIpc) is 2.81. The zero-order chi connectivity index (χ0) is 13.4. The van der Waals surface area contributed by atoms with Crippen LogP contribution in [0.15, 0.2) is 28.7 Å². The summed E-state index contributed by atoms with van der Waals surface area (Å²) < 4.78 is 18.9. The van der Waals surface area contributed by atoms with Crippen LogP contribution in [-0.2, 0) is 0 Å². The number of hydrogen-bond donors (Lipinski definition) is 1. The van der Waals surface area contributed by atoms with Gasteiger partial charge in [0.05, 0.1) is 6.04 Å². The molecule has 2 N–H and O–H groups in total. The molecule has 3 heteroatoms. The van der Waals surface area contributed by atoms with Crippen LogP contribution in [0.5, 0.6) is 0 Å². The third-order valence-electron chi connectivity index (χ3n) is 4.39. The first kappa shape index (κ1) is 12.7. The number of fused-ring (bicyclic) bond motifs is 1. The van der Waals surface area contributed by atoms with Crippen molar-refractivity contribution in [3.05, 3.63) is 35.8 Å². The smallest absolute Gasteiger partial charge is 0.134 e. The molecule has 3 rings (SSSR count). The molecule has 1 aromatic carbocycles. The highest BCUT2D eigenvalue weighted by molar-refractivity contribution is 5.78. The Morgan fingerprint density at radius 1 is 1.21 bits per heavy atom. The number of furan rings is 1. The van der Waals surface area contributed by atoms with Gasteiger partial charge in [-0.15, -0.1) is 0 Å². The Kier molecular flexibility index (Phi) is 3.31. The molecule has 1 heterocycles. The van der Waals surface area contributed by atoms with Crippen LogP contribution < -0.4 is 5.73 Å². The van der Waals surface area contributed by atoms with Crippen LogP contribution in [0.4, 0.5) is 4.39 Å². The molecular weight excluding hydrogens is 241 g/mol. The lowest BCUT2D eigenvalue weighted by Gasteiger charge is -2.29. The zero-order valence-corrected chi connectivity index (χ0v) is 11.2. The maximum absolute atomic E-state index is 13.2. The molecule has 0 radical (unpaired) electrons. The molecule has 1 atom stereocenters. The molecule has 1 unspecified atom stereocenters. The van der Waals surface area contributed by atoms with E-state index in [1.165, 1.54) is 25.0 Å². The predicted molar refractivity (Wildman–Crippen MR) is 74.2 cm³/mol. The minimum absolute atomic E-state index is 0.0667. The Morgan fingerprint density at radius 2 is 1.95 bits per heavy atom. The maximum Gasteiger partial charge on any atom is 0.134 e. The van der Waals surface area contributed by atoms with Gasteiger partial charge in [-0.25, -0.2) is 4.39 Å². The van der Waals surface area contributed by atoms with E-state index in [2.05, 4.69) is 6.92 Å². The van der Waals surface area contributed by atoms with Crippen molar-refractivity contribution < 1.29 is 8.81 Å². The Bertz CT molecular complexity index is 569. The van der Waals surface area contributed by atoms with Gasteiger partial charge in [-0.05, 0) is 48.9 Å². The van der Waals surface area contributed by atoms with Crippen LogP contribution in [0.25, 0.3) is 11.0 Å². The fourth-order valence-electron chi connectivity index (χ4n) is 3.08. The molecule has 2 nitrogen and oxygen atoms in total. The Morgan fingerprint density at radius 3 is 2.68 bits per heavy atom. The van der Waals surface area contributed by atoms with Gasteiger partial charge in [0, 0.05) is 5.39 Å². The first-order chi connectivity index (χ1) is 9.13. The summed E-state index contributed by atoms with van der Waals surface area (Å²) in [6, 6.07) is 6.41. The molecule has 1 aromatic heterocycles. The summed E-state index contributed by atoms with van der Waals surface area (Å²) in [5, 5.41) is 0.801. The van der Waals surface area contributed by atoms with E-state index in [0.29, 0.717) is 5.92 Å². The quantitative estimate of drug-likeness (QED) is 0.870. The second-order valence-corrected chi connectivity index (χ2v) is 5.88.